The second-order valence-electron chi connectivity index (χ2n) is 7.75. The van der Waals surface area contributed by atoms with Crippen molar-refractivity contribution in [1.82, 2.24) is 14.9 Å². The molecule has 0 spiro atoms. The van der Waals surface area contributed by atoms with E-state index < -0.39 is 0 Å². The average Bonchev–Trinajstić information content (AvgIpc) is 2.88. The zero-order chi connectivity index (χ0) is 19.5. The average molecular weight is 406 g/mol. The number of amides is 1. The minimum atomic E-state index is -0.0860. The van der Waals surface area contributed by atoms with Crippen molar-refractivity contribution in [1.29, 1.82) is 0 Å². The lowest BCUT2D eigenvalue weighted by Crippen LogP contribution is -3.14. The predicted octanol–water partition coefficient (Wildman–Crippen LogP) is 0.528. The summed E-state index contributed by atoms with van der Waals surface area (Å²) in [6.07, 6.45) is 5.01. The number of hydrogen-bond acceptors (Lipinski definition) is 5. The van der Waals surface area contributed by atoms with Gasteiger partial charge in [-0.2, -0.15) is 0 Å². The Balaban J connectivity index is 1.46. The van der Waals surface area contributed by atoms with E-state index in [4.69, 9.17) is 9.72 Å². The van der Waals surface area contributed by atoms with Crippen molar-refractivity contribution in [3.63, 3.8) is 0 Å². The van der Waals surface area contributed by atoms with Crippen molar-refractivity contribution in [2.45, 2.75) is 45.6 Å². The summed E-state index contributed by atoms with van der Waals surface area (Å²) in [5.74, 6) is 0.786. The Hall–Kier alpha value is -1.77. The van der Waals surface area contributed by atoms with Crippen LogP contribution in [0.2, 0.25) is 0 Å². The normalized spacial score (nSPS) is 18.0. The number of aryl methyl sites for hydroxylation is 2. The highest BCUT2D eigenvalue weighted by molar-refractivity contribution is 7.20. The smallest absolute Gasteiger partial charge is 0.262 e. The number of hydrogen-bond donors (Lipinski definition) is 2. The summed E-state index contributed by atoms with van der Waals surface area (Å²) in [6.45, 7) is 8.05. The van der Waals surface area contributed by atoms with E-state index >= 15 is 0 Å². The van der Waals surface area contributed by atoms with Crippen LogP contribution in [0.3, 0.4) is 0 Å². The first-order valence-corrected chi connectivity index (χ1v) is 11.2. The lowest BCUT2D eigenvalue weighted by atomic mass is 10.2. The zero-order valence-electron chi connectivity index (χ0n) is 16.5. The Morgan fingerprint density at radius 1 is 1.29 bits per heavy atom. The monoisotopic (exact) mass is 405 g/mol. The number of thiophene rings is 1. The van der Waals surface area contributed by atoms with Crippen molar-refractivity contribution in [3.05, 3.63) is 26.6 Å². The van der Waals surface area contributed by atoms with Gasteiger partial charge in [0.15, 0.2) is 0 Å². The summed E-state index contributed by atoms with van der Waals surface area (Å²) in [5, 5.41) is 3.65. The van der Waals surface area contributed by atoms with Gasteiger partial charge < -0.3 is 15.0 Å². The number of ether oxygens (including phenoxy) is 1. The van der Waals surface area contributed by atoms with E-state index in [1.54, 1.807) is 0 Å². The van der Waals surface area contributed by atoms with Crippen LogP contribution in [-0.4, -0.2) is 54.9 Å². The van der Waals surface area contributed by atoms with Gasteiger partial charge in [0.2, 0.25) is 0 Å². The number of rotatable bonds is 5. The van der Waals surface area contributed by atoms with E-state index in [0.29, 0.717) is 21.6 Å². The molecule has 0 bridgehead atoms. The molecule has 152 valence electrons. The maximum atomic E-state index is 13.0. The molecule has 2 aliphatic heterocycles. The van der Waals surface area contributed by atoms with E-state index in [9.17, 15) is 9.59 Å². The molecular weight excluding hydrogens is 376 g/mol. The van der Waals surface area contributed by atoms with E-state index in [1.807, 2.05) is 11.5 Å². The van der Waals surface area contributed by atoms with Crippen molar-refractivity contribution in [3.8, 4) is 0 Å². The number of quaternary nitrogens is 1. The number of nitrogens with zero attached hydrogens (tertiary/aromatic N) is 2. The summed E-state index contributed by atoms with van der Waals surface area (Å²) >= 11 is 1.35. The molecule has 2 N–H and O–H groups in total. The van der Waals surface area contributed by atoms with Crippen molar-refractivity contribution < 1.29 is 14.4 Å². The Kier molecular flexibility index (Phi) is 6.08. The lowest BCUT2D eigenvalue weighted by molar-refractivity contribution is -0.908. The van der Waals surface area contributed by atoms with Gasteiger partial charge in [0.1, 0.15) is 23.7 Å². The maximum absolute atomic E-state index is 13.0. The third kappa shape index (κ3) is 3.99. The van der Waals surface area contributed by atoms with Gasteiger partial charge in [-0.3, -0.25) is 14.2 Å². The molecular formula is C20H29N4O3S+. The first-order chi connectivity index (χ1) is 13.6. The maximum Gasteiger partial charge on any atom is 0.262 e. The van der Waals surface area contributed by atoms with Gasteiger partial charge in [0, 0.05) is 25.9 Å². The van der Waals surface area contributed by atoms with Gasteiger partial charge >= 0.3 is 0 Å². The topological polar surface area (TPSA) is 77.7 Å². The van der Waals surface area contributed by atoms with Crippen molar-refractivity contribution >= 4 is 27.5 Å². The molecule has 4 heterocycles. The zero-order valence-corrected chi connectivity index (χ0v) is 17.3. The molecule has 1 amide bonds. The molecule has 0 aliphatic carbocycles. The van der Waals surface area contributed by atoms with Crippen molar-refractivity contribution in [2.75, 3.05) is 39.4 Å². The summed E-state index contributed by atoms with van der Waals surface area (Å²) in [7, 11) is 0. The Morgan fingerprint density at radius 2 is 2.11 bits per heavy atom. The van der Waals surface area contributed by atoms with Gasteiger partial charge in [-0.05, 0) is 25.3 Å². The van der Waals surface area contributed by atoms with Gasteiger partial charge in [0.25, 0.3) is 11.5 Å². The van der Waals surface area contributed by atoms with Crippen LogP contribution in [0.25, 0.3) is 10.2 Å². The van der Waals surface area contributed by atoms with E-state index in [1.165, 1.54) is 16.2 Å². The third-order valence-corrected chi connectivity index (χ3v) is 6.99. The SMILES string of the molecule is Cc1c(C(=O)NCCC[NH+]2CCOCC2)sc2nc3n(c(=O)c12)CCCCC3. The highest BCUT2D eigenvalue weighted by atomic mass is 32.1. The van der Waals surface area contributed by atoms with Crippen LogP contribution in [0, 0.1) is 6.92 Å². The van der Waals surface area contributed by atoms with Crippen LogP contribution in [0.4, 0.5) is 0 Å². The van der Waals surface area contributed by atoms with Crippen LogP contribution in [0.1, 0.15) is 46.7 Å². The number of carbonyl (C=O) groups is 1. The highest BCUT2D eigenvalue weighted by Crippen LogP contribution is 2.28. The third-order valence-electron chi connectivity index (χ3n) is 5.81. The van der Waals surface area contributed by atoms with Crippen LogP contribution >= 0.6 is 11.3 Å². The molecule has 0 atom stereocenters. The molecule has 2 aromatic rings. The molecule has 4 rings (SSSR count). The molecule has 1 fully saturated rings. The summed E-state index contributed by atoms with van der Waals surface area (Å²) in [5.41, 5.74) is 0.791. The lowest BCUT2D eigenvalue weighted by Gasteiger charge is -2.23. The standard InChI is InChI=1S/C20H28N4O3S/c1-14-16-19(22-15-6-3-2-4-9-24(15)20(16)26)28-17(14)18(25)21-7-5-8-23-10-12-27-13-11-23/h2-13H2,1H3,(H,21,25)/p+1. The van der Waals surface area contributed by atoms with Gasteiger partial charge in [0.05, 0.1) is 30.0 Å². The summed E-state index contributed by atoms with van der Waals surface area (Å²) < 4.78 is 7.20. The fraction of sp³-hybridized carbons (Fsp3) is 0.650. The molecule has 2 aromatic heterocycles. The van der Waals surface area contributed by atoms with E-state index in [0.717, 1.165) is 82.9 Å². The number of carbonyl (C=O) groups excluding carboxylic acids is 1. The van der Waals surface area contributed by atoms with E-state index in [-0.39, 0.29) is 11.5 Å². The van der Waals surface area contributed by atoms with Crippen LogP contribution in [0.15, 0.2) is 4.79 Å². The number of nitrogens with one attached hydrogen (secondary N) is 2. The summed E-state index contributed by atoms with van der Waals surface area (Å²) in [6, 6.07) is 0. The molecule has 0 aromatic carbocycles. The first-order valence-electron chi connectivity index (χ1n) is 10.4. The molecule has 2 aliphatic rings. The molecule has 8 heteroatoms. The molecule has 7 nitrogen and oxygen atoms in total. The molecule has 0 radical (unpaired) electrons. The second-order valence-corrected chi connectivity index (χ2v) is 8.75. The quantitative estimate of drug-likeness (QED) is 0.712. The predicted molar refractivity (Wildman–Crippen MR) is 110 cm³/mol. The van der Waals surface area contributed by atoms with Gasteiger partial charge in [-0.25, -0.2) is 4.98 Å². The Bertz CT molecular complexity index is 914. The molecule has 1 saturated heterocycles. The summed E-state index contributed by atoms with van der Waals surface area (Å²) in [4.78, 5) is 33.3. The van der Waals surface area contributed by atoms with Gasteiger partial charge in [-0.1, -0.05) is 6.42 Å². The minimum absolute atomic E-state index is 0.0191. The fourth-order valence-electron chi connectivity index (χ4n) is 4.16. The van der Waals surface area contributed by atoms with E-state index in [2.05, 4.69) is 5.32 Å². The molecule has 28 heavy (non-hydrogen) atoms. The number of morpholine rings is 1. The molecule has 0 unspecified atom stereocenters. The number of aromatic nitrogens is 2. The van der Waals surface area contributed by atoms with Gasteiger partial charge in [-0.15, -0.1) is 11.3 Å². The van der Waals surface area contributed by atoms with Crippen LogP contribution in [0.5, 0.6) is 0 Å². The number of fused-ring (bicyclic) bond motifs is 2. The largest absolute Gasteiger partial charge is 0.370 e. The molecule has 0 saturated carbocycles. The van der Waals surface area contributed by atoms with Crippen LogP contribution < -0.4 is 15.8 Å². The second kappa shape index (κ2) is 8.71. The Labute approximate surface area is 168 Å². The minimum Gasteiger partial charge on any atom is -0.370 e. The highest BCUT2D eigenvalue weighted by Gasteiger charge is 2.22. The fourth-order valence-corrected chi connectivity index (χ4v) is 5.26. The Morgan fingerprint density at radius 3 is 2.93 bits per heavy atom. The first kappa shape index (κ1) is 19.5. The van der Waals surface area contributed by atoms with Crippen molar-refractivity contribution in [2.24, 2.45) is 0 Å². The van der Waals surface area contributed by atoms with Crippen LogP contribution in [-0.2, 0) is 17.7 Å².